The first kappa shape index (κ1) is 22.2. The second-order valence-electron chi connectivity index (χ2n) is 7.38. The average Bonchev–Trinajstić information content (AvgIpc) is 2.79. The maximum atomic E-state index is 13.0. The van der Waals surface area contributed by atoms with Crippen LogP contribution in [0.1, 0.15) is 29.0 Å². The van der Waals surface area contributed by atoms with Gasteiger partial charge in [-0.25, -0.2) is 0 Å². The Morgan fingerprint density at radius 1 is 1.25 bits per heavy atom. The van der Waals surface area contributed by atoms with Gasteiger partial charge in [-0.2, -0.15) is 4.98 Å². The Morgan fingerprint density at radius 2 is 2.00 bits per heavy atom. The Hall–Kier alpha value is -3.03. The van der Waals surface area contributed by atoms with Crippen LogP contribution in [0, 0.1) is 0 Å². The molecular weight excluding hydrogens is 446 g/mol. The zero-order valence-electron chi connectivity index (χ0n) is 17.5. The topological polar surface area (TPSA) is 73.2 Å². The third-order valence-electron chi connectivity index (χ3n) is 5.23. The standard InChI is InChI=1S/C24H22ClN3O3S/c1-3-12-32-24-27-23(30)21-18(13-20(29)26-22(21)28(24)2)17-6-4-5-7-19(17)31-14-15-8-10-16(25)11-9-15/h3-11,18H,1,12-14H2,2H3,(H,26,29)/t18-/m0/s1. The van der Waals surface area contributed by atoms with Gasteiger partial charge in [0.25, 0.3) is 5.56 Å². The van der Waals surface area contributed by atoms with E-state index in [2.05, 4.69) is 16.9 Å². The number of carbonyl (C=O) groups is 1. The smallest absolute Gasteiger partial charge is 0.279 e. The molecule has 2 heterocycles. The number of para-hydroxylation sites is 1. The molecule has 6 nitrogen and oxygen atoms in total. The SMILES string of the molecule is C=CCSc1nc(=O)c2c(n1C)NC(=O)C[C@H]2c1ccccc1OCc1ccc(Cl)cc1. The van der Waals surface area contributed by atoms with Gasteiger partial charge in [-0.1, -0.05) is 59.8 Å². The Labute approximate surface area is 195 Å². The summed E-state index contributed by atoms with van der Waals surface area (Å²) in [6, 6.07) is 14.9. The van der Waals surface area contributed by atoms with Crippen LogP contribution in [0.15, 0.2) is 71.1 Å². The molecule has 0 fully saturated rings. The highest BCUT2D eigenvalue weighted by Crippen LogP contribution is 2.39. The molecule has 0 aliphatic carbocycles. The monoisotopic (exact) mass is 467 g/mol. The van der Waals surface area contributed by atoms with Crippen LogP contribution in [-0.4, -0.2) is 21.2 Å². The zero-order chi connectivity index (χ0) is 22.7. The highest BCUT2D eigenvalue weighted by molar-refractivity contribution is 7.99. The van der Waals surface area contributed by atoms with Gasteiger partial charge < -0.3 is 14.6 Å². The first-order chi connectivity index (χ1) is 15.5. The number of amides is 1. The Bertz CT molecular complexity index is 1220. The molecular formula is C24H22ClN3O3S. The third-order valence-corrected chi connectivity index (χ3v) is 6.51. The quantitative estimate of drug-likeness (QED) is 0.308. The van der Waals surface area contributed by atoms with Crippen molar-refractivity contribution in [1.82, 2.24) is 9.55 Å². The Balaban J connectivity index is 1.72. The predicted molar refractivity (Wildman–Crippen MR) is 128 cm³/mol. The molecule has 0 unspecified atom stereocenters. The van der Waals surface area contributed by atoms with E-state index in [1.807, 2.05) is 48.5 Å². The summed E-state index contributed by atoms with van der Waals surface area (Å²) in [6.07, 6.45) is 1.89. The molecule has 2 aromatic carbocycles. The van der Waals surface area contributed by atoms with E-state index < -0.39 is 5.92 Å². The fourth-order valence-corrected chi connectivity index (χ4v) is 4.53. The van der Waals surface area contributed by atoms with Gasteiger partial charge in [0.2, 0.25) is 5.91 Å². The molecule has 8 heteroatoms. The number of anilines is 1. The molecule has 1 atom stereocenters. The van der Waals surface area contributed by atoms with Gasteiger partial charge in [-0.3, -0.25) is 9.59 Å². The van der Waals surface area contributed by atoms with Gasteiger partial charge in [0, 0.05) is 35.7 Å². The molecule has 0 bridgehead atoms. The number of thioether (sulfide) groups is 1. The van der Waals surface area contributed by atoms with Gasteiger partial charge >= 0.3 is 0 Å². The number of halogens is 1. The van der Waals surface area contributed by atoms with Gasteiger partial charge in [0.05, 0.1) is 5.56 Å². The van der Waals surface area contributed by atoms with Gasteiger partial charge in [-0.05, 0) is 23.8 Å². The van der Waals surface area contributed by atoms with Crippen molar-refractivity contribution in [2.75, 3.05) is 11.1 Å². The number of benzene rings is 2. The van der Waals surface area contributed by atoms with Crippen LogP contribution in [0.3, 0.4) is 0 Å². The molecule has 3 aromatic rings. The summed E-state index contributed by atoms with van der Waals surface area (Å²) in [7, 11) is 1.79. The van der Waals surface area contributed by atoms with Crippen molar-refractivity contribution in [3.63, 3.8) is 0 Å². The maximum Gasteiger partial charge on any atom is 0.279 e. The van der Waals surface area contributed by atoms with Crippen molar-refractivity contribution in [2.24, 2.45) is 7.05 Å². The largest absolute Gasteiger partial charge is 0.489 e. The lowest BCUT2D eigenvalue weighted by Crippen LogP contribution is -2.33. The number of nitrogens with one attached hydrogen (secondary N) is 1. The van der Waals surface area contributed by atoms with Crippen LogP contribution in [0.25, 0.3) is 0 Å². The minimum Gasteiger partial charge on any atom is -0.489 e. The molecule has 0 radical (unpaired) electrons. The minimum absolute atomic E-state index is 0.143. The van der Waals surface area contributed by atoms with Crippen LogP contribution in [-0.2, 0) is 18.4 Å². The van der Waals surface area contributed by atoms with Crippen LogP contribution in [0.5, 0.6) is 5.75 Å². The number of rotatable bonds is 7. The van der Waals surface area contributed by atoms with E-state index in [0.29, 0.717) is 39.7 Å². The van der Waals surface area contributed by atoms with E-state index in [4.69, 9.17) is 16.3 Å². The summed E-state index contributed by atoms with van der Waals surface area (Å²) >= 11 is 7.35. The third kappa shape index (κ3) is 4.59. The van der Waals surface area contributed by atoms with Gasteiger partial charge in [0.1, 0.15) is 18.2 Å². The van der Waals surface area contributed by atoms with E-state index in [9.17, 15) is 9.59 Å². The average molecular weight is 468 g/mol. The van der Waals surface area contributed by atoms with Crippen molar-refractivity contribution < 1.29 is 9.53 Å². The normalized spacial score (nSPS) is 15.1. The van der Waals surface area contributed by atoms with E-state index in [-0.39, 0.29) is 17.9 Å². The molecule has 0 saturated heterocycles. The number of aromatic nitrogens is 2. The Kier molecular flexibility index (Phi) is 6.67. The van der Waals surface area contributed by atoms with Crippen LogP contribution < -0.4 is 15.6 Å². The van der Waals surface area contributed by atoms with Crippen molar-refractivity contribution in [3.8, 4) is 5.75 Å². The summed E-state index contributed by atoms with van der Waals surface area (Å²) < 4.78 is 7.85. The van der Waals surface area contributed by atoms with Crippen molar-refractivity contribution in [3.05, 3.63) is 93.3 Å². The number of nitrogens with zero attached hydrogens (tertiary/aromatic N) is 2. The van der Waals surface area contributed by atoms with E-state index in [0.717, 1.165) is 11.1 Å². The molecule has 4 rings (SSSR count). The summed E-state index contributed by atoms with van der Waals surface area (Å²) in [5, 5.41) is 4.05. The van der Waals surface area contributed by atoms with Crippen LogP contribution in [0.4, 0.5) is 5.82 Å². The molecule has 1 aromatic heterocycles. The molecule has 0 spiro atoms. The molecule has 0 saturated carbocycles. The highest BCUT2D eigenvalue weighted by atomic mass is 35.5. The van der Waals surface area contributed by atoms with Crippen LogP contribution in [0.2, 0.25) is 5.02 Å². The van der Waals surface area contributed by atoms with E-state index in [1.165, 1.54) is 11.8 Å². The van der Waals surface area contributed by atoms with Crippen molar-refractivity contribution in [1.29, 1.82) is 0 Å². The maximum absolute atomic E-state index is 13.0. The Morgan fingerprint density at radius 3 is 2.75 bits per heavy atom. The molecule has 1 aliphatic heterocycles. The summed E-state index contributed by atoms with van der Waals surface area (Å²) in [5.74, 6) is 1.10. The second kappa shape index (κ2) is 9.63. The lowest BCUT2D eigenvalue weighted by molar-refractivity contribution is -0.116. The molecule has 164 valence electrons. The number of carbonyl (C=O) groups excluding carboxylic acids is 1. The number of fused-ring (bicyclic) bond motifs is 1. The predicted octanol–water partition coefficient (Wildman–Crippen LogP) is 4.76. The lowest BCUT2D eigenvalue weighted by Gasteiger charge is -2.28. The summed E-state index contributed by atoms with van der Waals surface area (Å²) in [4.78, 5) is 29.9. The lowest BCUT2D eigenvalue weighted by atomic mass is 9.86. The molecule has 1 aliphatic rings. The second-order valence-corrected chi connectivity index (χ2v) is 8.80. The minimum atomic E-state index is -0.454. The first-order valence-corrected chi connectivity index (χ1v) is 11.4. The van der Waals surface area contributed by atoms with Crippen molar-refractivity contribution >= 4 is 35.1 Å². The molecule has 32 heavy (non-hydrogen) atoms. The van der Waals surface area contributed by atoms with E-state index >= 15 is 0 Å². The molecule has 1 N–H and O–H groups in total. The number of hydrogen-bond donors (Lipinski definition) is 1. The zero-order valence-corrected chi connectivity index (χ0v) is 19.1. The molecule has 1 amide bonds. The number of ether oxygens (including phenoxy) is 1. The highest BCUT2D eigenvalue weighted by Gasteiger charge is 2.33. The van der Waals surface area contributed by atoms with Gasteiger partial charge in [0.15, 0.2) is 5.16 Å². The fraction of sp³-hybridized carbons (Fsp3) is 0.208. The summed E-state index contributed by atoms with van der Waals surface area (Å²) in [5.41, 5.74) is 1.87. The number of hydrogen-bond acceptors (Lipinski definition) is 5. The van der Waals surface area contributed by atoms with Gasteiger partial charge in [-0.15, -0.1) is 6.58 Å². The van der Waals surface area contributed by atoms with E-state index in [1.54, 1.807) is 17.7 Å². The van der Waals surface area contributed by atoms with Crippen molar-refractivity contribution in [2.45, 2.75) is 24.1 Å². The first-order valence-electron chi connectivity index (χ1n) is 10.1. The fourth-order valence-electron chi connectivity index (χ4n) is 3.71. The van der Waals surface area contributed by atoms with Crippen LogP contribution >= 0.6 is 23.4 Å². The summed E-state index contributed by atoms with van der Waals surface area (Å²) in [6.45, 7) is 4.05.